The summed E-state index contributed by atoms with van der Waals surface area (Å²) in [5, 5.41) is 11.3. The van der Waals surface area contributed by atoms with Gasteiger partial charge in [-0.05, 0) is 0 Å². The van der Waals surface area contributed by atoms with E-state index in [0.717, 1.165) is 17.9 Å². The minimum atomic E-state index is -5.76. The molecule has 0 radical (unpaired) electrons. The Balaban J connectivity index is 3.34. The van der Waals surface area contributed by atoms with Crippen molar-refractivity contribution in [2.24, 2.45) is 7.05 Å². The zero-order chi connectivity index (χ0) is 11.9. The smallest absolute Gasteiger partial charge is 0.274 e. The minimum Gasteiger partial charge on any atom is -0.274 e. The molecule has 1 aromatic rings. The van der Waals surface area contributed by atoms with Gasteiger partial charge in [0.05, 0.1) is 5.56 Å². The van der Waals surface area contributed by atoms with Crippen LogP contribution in [-0.4, -0.2) is 16.0 Å². The fourth-order valence-electron chi connectivity index (χ4n) is 0.936. The number of aryl methyl sites for hydroxylation is 1. The molecule has 0 saturated heterocycles. The van der Waals surface area contributed by atoms with Gasteiger partial charge in [-0.15, -0.1) is 0 Å². The Kier molecular flexibility index (Phi) is 2.43. The van der Waals surface area contributed by atoms with E-state index in [1.807, 2.05) is 0 Å². The van der Waals surface area contributed by atoms with Crippen LogP contribution in [0.5, 0.6) is 0 Å². The van der Waals surface area contributed by atoms with Crippen LogP contribution in [-0.2, 0) is 13.0 Å². The van der Waals surface area contributed by atoms with Gasteiger partial charge in [-0.25, -0.2) is 0 Å². The molecule has 1 aromatic heterocycles. The molecule has 0 aromatic carbocycles. The first-order valence-electron chi connectivity index (χ1n) is 3.59. The van der Waals surface area contributed by atoms with E-state index in [2.05, 4.69) is 5.10 Å². The van der Waals surface area contributed by atoms with Crippen molar-refractivity contribution in [2.45, 2.75) is 12.1 Å². The largest absolute Gasteiger partial charge is 0.459 e. The van der Waals surface area contributed by atoms with E-state index in [1.165, 1.54) is 6.07 Å². The Morgan fingerprint density at radius 2 is 1.87 bits per heavy atom. The number of nitriles is 1. The van der Waals surface area contributed by atoms with Crippen molar-refractivity contribution in [3.63, 3.8) is 0 Å². The number of hydrogen-bond donors (Lipinski definition) is 0. The van der Waals surface area contributed by atoms with Gasteiger partial charge in [-0.1, -0.05) is 0 Å². The predicted octanol–water partition coefficient (Wildman–Crippen LogP) is 1.95. The predicted molar refractivity (Wildman–Crippen MR) is 37.9 cm³/mol. The number of rotatable bonds is 1. The molecule has 1 heterocycles. The lowest BCUT2D eigenvalue weighted by molar-refractivity contribution is -0.291. The van der Waals surface area contributed by atoms with E-state index < -0.39 is 23.4 Å². The molecule has 0 saturated carbocycles. The monoisotopic (exact) mass is 225 g/mol. The summed E-state index contributed by atoms with van der Waals surface area (Å²) in [6, 6.07) is 1.23. The second kappa shape index (κ2) is 3.18. The molecule has 1 rings (SSSR count). The van der Waals surface area contributed by atoms with E-state index in [1.54, 1.807) is 0 Å². The molecule has 0 unspecified atom stereocenters. The average Bonchev–Trinajstić information content (AvgIpc) is 2.45. The van der Waals surface area contributed by atoms with Crippen LogP contribution in [0.2, 0.25) is 0 Å². The molecule has 82 valence electrons. The van der Waals surface area contributed by atoms with Crippen LogP contribution < -0.4 is 0 Å². The van der Waals surface area contributed by atoms with Crippen LogP contribution >= 0.6 is 0 Å². The molecule has 0 bridgehead atoms. The van der Waals surface area contributed by atoms with Crippen molar-refractivity contribution >= 4 is 0 Å². The number of halogens is 5. The van der Waals surface area contributed by atoms with Gasteiger partial charge in [-0.3, -0.25) is 4.68 Å². The van der Waals surface area contributed by atoms with Crippen molar-refractivity contribution < 1.29 is 22.0 Å². The zero-order valence-corrected chi connectivity index (χ0v) is 7.31. The second-order valence-electron chi connectivity index (χ2n) is 2.75. The van der Waals surface area contributed by atoms with Gasteiger partial charge in [0, 0.05) is 13.2 Å². The number of aromatic nitrogens is 2. The van der Waals surface area contributed by atoms with E-state index in [9.17, 15) is 22.0 Å². The summed E-state index contributed by atoms with van der Waals surface area (Å²) in [7, 11) is 1.15. The Labute approximate surface area is 80.7 Å². The summed E-state index contributed by atoms with van der Waals surface area (Å²) in [5.41, 5.74) is -2.36. The lowest BCUT2D eigenvalue weighted by Crippen LogP contribution is -2.34. The molecular formula is C7H4F5N3. The molecule has 0 fully saturated rings. The zero-order valence-electron chi connectivity index (χ0n) is 7.31. The van der Waals surface area contributed by atoms with Crippen LogP contribution in [0.3, 0.4) is 0 Å². The van der Waals surface area contributed by atoms with Gasteiger partial charge in [0.2, 0.25) is 0 Å². The summed E-state index contributed by atoms with van der Waals surface area (Å²) < 4.78 is 62.1. The molecule has 0 atom stereocenters. The Morgan fingerprint density at radius 1 is 1.33 bits per heavy atom. The van der Waals surface area contributed by atoms with Gasteiger partial charge in [0.25, 0.3) is 0 Å². The van der Waals surface area contributed by atoms with Gasteiger partial charge in [0.15, 0.2) is 5.69 Å². The van der Waals surface area contributed by atoms with Gasteiger partial charge in [0.1, 0.15) is 6.07 Å². The third kappa shape index (κ3) is 1.77. The van der Waals surface area contributed by atoms with E-state index in [0.29, 0.717) is 0 Å². The van der Waals surface area contributed by atoms with Crippen LogP contribution in [0.25, 0.3) is 0 Å². The highest BCUT2D eigenvalue weighted by Crippen LogP contribution is 2.44. The van der Waals surface area contributed by atoms with Crippen molar-refractivity contribution in [3.05, 3.63) is 17.5 Å². The van der Waals surface area contributed by atoms with Gasteiger partial charge < -0.3 is 0 Å². The molecule has 0 aliphatic heterocycles. The van der Waals surface area contributed by atoms with Gasteiger partial charge >= 0.3 is 12.1 Å². The van der Waals surface area contributed by atoms with E-state index in [-0.39, 0.29) is 0 Å². The molecule has 0 spiro atoms. The topological polar surface area (TPSA) is 41.6 Å². The first-order valence-corrected chi connectivity index (χ1v) is 3.59. The number of nitrogens with zero attached hydrogens (tertiary/aromatic N) is 3. The summed E-state index contributed by atoms with van der Waals surface area (Å²) >= 11 is 0. The first kappa shape index (κ1) is 11.4. The van der Waals surface area contributed by atoms with Crippen LogP contribution in [0.15, 0.2) is 6.20 Å². The Morgan fingerprint density at radius 3 is 2.27 bits per heavy atom. The third-order valence-electron chi connectivity index (χ3n) is 1.60. The second-order valence-corrected chi connectivity index (χ2v) is 2.75. The molecule has 8 heteroatoms. The fraction of sp³-hybridized carbons (Fsp3) is 0.429. The third-order valence-corrected chi connectivity index (χ3v) is 1.60. The van der Waals surface area contributed by atoms with Crippen molar-refractivity contribution in [2.75, 3.05) is 0 Å². The van der Waals surface area contributed by atoms with E-state index in [4.69, 9.17) is 5.26 Å². The summed E-state index contributed by atoms with van der Waals surface area (Å²) in [6.45, 7) is 0. The van der Waals surface area contributed by atoms with Gasteiger partial charge in [-0.2, -0.15) is 32.3 Å². The van der Waals surface area contributed by atoms with Crippen molar-refractivity contribution in [1.82, 2.24) is 9.78 Å². The normalized spacial score (nSPS) is 12.6. The Bertz CT molecular complexity index is 411. The minimum absolute atomic E-state index is 0.730. The van der Waals surface area contributed by atoms with Crippen LogP contribution in [0.1, 0.15) is 11.3 Å². The fourth-order valence-corrected chi connectivity index (χ4v) is 0.936. The highest BCUT2D eigenvalue weighted by Gasteiger charge is 2.61. The maximum Gasteiger partial charge on any atom is 0.459 e. The molecule has 0 N–H and O–H groups in total. The Hall–Kier alpha value is -1.65. The number of alkyl halides is 5. The lowest BCUT2D eigenvalue weighted by Gasteiger charge is -2.17. The van der Waals surface area contributed by atoms with Crippen LogP contribution in [0, 0.1) is 11.3 Å². The molecule has 3 nitrogen and oxygen atoms in total. The maximum atomic E-state index is 12.8. The standard InChI is InChI=1S/C7H4F5N3/c1-15-3-4(2-13)5(14-15)6(8,9)7(10,11)12/h3H,1H3. The molecule has 15 heavy (non-hydrogen) atoms. The average molecular weight is 225 g/mol. The molecule has 0 aliphatic carbocycles. The van der Waals surface area contributed by atoms with E-state index >= 15 is 0 Å². The summed E-state index contributed by atoms with van der Waals surface area (Å²) in [4.78, 5) is 0. The summed E-state index contributed by atoms with van der Waals surface area (Å²) in [6.07, 6.45) is -4.96. The quantitative estimate of drug-likeness (QED) is 0.685. The molecule has 0 amide bonds. The highest BCUT2D eigenvalue weighted by atomic mass is 19.4. The SMILES string of the molecule is Cn1cc(C#N)c(C(F)(F)C(F)(F)F)n1. The first-order chi connectivity index (χ1) is 6.70. The highest BCUT2D eigenvalue weighted by molar-refractivity contribution is 5.34. The van der Waals surface area contributed by atoms with Crippen molar-refractivity contribution in [1.29, 1.82) is 5.26 Å². The summed E-state index contributed by atoms with van der Waals surface area (Å²) in [5.74, 6) is -5.11. The molecule has 0 aliphatic rings. The van der Waals surface area contributed by atoms with Crippen LogP contribution in [0.4, 0.5) is 22.0 Å². The van der Waals surface area contributed by atoms with Crippen molar-refractivity contribution in [3.8, 4) is 6.07 Å². The lowest BCUT2D eigenvalue weighted by atomic mass is 10.1. The molecular weight excluding hydrogens is 221 g/mol. The number of hydrogen-bond acceptors (Lipinski definition) is 2. The maximum absolute atomic E-state index is 12.8.